The Labute approximate surface area is 99.0 Å². The van der Waals surface area contributed by atoms with Gasteiger partial charge >= 0.3 is 6.18 Å². The van der Waals surface area contributed by atoms with E-state index >= 15 is 0 Å². The van der Waals surface area contributed by atoms with Crippen molar-refractivity contribution in [1.29, 1.82) is 5.26 Å². The Morgan fingerprint density at radius 2 is 2.07 bits per heavy atom. The Morgan fingerprint density at radius 1 is 1.53 bits per heavy atom. The average molecular weight is 328 g/mol. The second-order valence-corrected chi connectivity index (χ2v) is 4.81. The highest BCUT2D eigenvalue weighted by Gasteiger charge is 2.55. The van der Waals surface area contributed by atoms with E-state index in [0.717, 1.165) is 6.92 Å². The fourth-order valence-corrected chi connectivity index (χ4v) is 2.63. The molecule has 6 heteroatoms. The van der Waals surface area contributed by atoms with Gasteiger partial charge in [0.25, 0.3) is 0 Å². The van der Waals surface area contributed by atoms with Crippen LogP contribution < -0.4 is 0 Å². The van der Waals surface area contributed by atoms with Gasteiger partial charge in [-0.2, -0.15) is 18.4 Å². The summed E-state index contributed by atoms with van der Waals surface area (Å²) in [6.07, 6.45) is -4.68. The molecule has 1 heterocycles. The van der Waals surface area contributed by atoms with E-state index in [2.05, 4.69) is 4.99 Å². The molecule has 0 aromatic rings. The first-order chi connectivity index (χ1) is 6.72. The van der Waals surface area contributed by atoms with Crippen LogP contribution in [0, 0.1) is 16.7 Å². The van der Waals surface area contributed by atoms with Crippen LogP contribution in [-0.2, 0) is 0 Å². The highest BCUT2D eigenvalue weighted by molar-refractivity contribution is 14.1. The highest BCUT2D eigenvalue weighted by Crippen LogP contribution is 2.50. The summed E-state index contributed by atoms with van der Waals surface area (Å²) in [5.74, 6) is 0. The van der Waals surface area contributed by atoms with Gasteiger partial charge in [0.05, 0.1) is 21.1 Å². The van der Waals surface area contributed by atoms with Gasteiger partial charge in [-0.3, -0.25) is 4.99 Å². The van der Waals surface area contributed by atoms with Gasteiger partial charge in [0.2, 0.25) is 0 Å². The standard InChI is InChI=1S/C9H8F3IN2/c1-5-6(4-14)8(2,9(10,11)12)3-7(13)15-5/h3H2,1-2H3. The molecule has 0 bridgehead atoms. The lowest BCUT2D eigenvalue weighted by Gasteiger charge is -2.34. The van der Waals surface area contributed by atoms with E-state index in [-0.39, 0.29) is 17.7 Å². The predicted molar refractivity (Wildman–Crippen MR) is 58.5 cm³/mol. The van der Waals surface area contributed by atoms with Crippen LogP contribution in [0.4, 0.5) is 13.2 Å². The topological polar surface area (TPSA) is 36.1 Å². The molecular formula is C9H8F3IN2. The van der Waals surface area contributed by atoms with Gasteiger partial charge in [0.15, 0.2) is 0 Å². The number of allylic oxidation sites excluding steroid dienone is 2. The Bertz CT molecular complexity index is 389. The summed E-state index contributed by atoms with van der Waals surface area (Å²) in [4.78, 5) is 3.90. The van der Waals surface area contributed by atoms with Crippen molar-refractivity contribution < 1.29 is 13.2 Å². The summed E-state index contributed by atoms with van der Waals surface area (Å²) in [5, 5.41) is 8.77. The molecule has 1 unspecified atom stereocenters. The maximum absolute atomic E-state index is 12.9. The van der Waals surface area contributed by atoms with Gasteiger partial charge in [0.1, 0.15) is 5.41 Å². The van der Waals surface area contributed by atoms with Crippen LogP contribution in [-0.4, -0.2) is 9.89 Å². The van der Waals surface area contributed by atoms with Crippen molar-refractivity contribution in [3.8, 4) is 6.07 Å². The van der Waals surface area contributed by atoms with Gasteiger partial charge < -0.3 is 0 Å². The number of hydrogen-bond acceptors (Lipinski definition) is 2. The summed E-state index contributed by atoms with van der Waals surface area (Å²) in [6.45, 7) is 2.47. The molecule has 0 N–H and O–H groups in total. The third-order valence-electron chi connectivity index (χ3n) is 2.44. The number of hydrogen-bond donors (Lipinski definition) is 0. The molecular weight excluding hydrogens is 320 g/mol. The molecule has 0 aliphatic carbocycles. The van der Waals surface area contributed by atoms with Crippen molar-refractivity contribution in [1.82, 2.24) is 0 Å². The SMILES string of the molecule is CC1=C(C#N)C(C)(C(F)(F)F)CC(I)=N1. The molecule has 2 nitrogen and oxygen atoms in total. The van der Waals surface area contributed by atoms with Crippen LogP contribution in [0.15, 0.2) is 16.3 Å². The Kier molecular flexibility index (Phi) is 3.14. The second kappa shape index (κ2) is 3.77. The van der Waals surface area contributed by atoms with Crippen molar-refractivity contribution in [2.75, 3.05) is 0 Å². The number of nitrogens with zero attached hydrogens (tertiary/aromatic N) is 2. The van der Waals surface area contributed by atoms with E-state index in [0.29, 0.717) is 3.72 Å². The van der Waals surface area contributed by atoms with E-state index < -0.39 is 11.6 Å². The molecule has 0 aromatic carbocycles. The number of halogens is 4. The van der Waals surface area contributed by atoms with Gasteiger partial charge in [-0.25, -0.2) is 0 Å². The zero-order valence-electron chi connectivity index (χ0n) is 8.11. The lowest BCUT2D eigenvalue weighted by atomic mass is 9.77. The minimum atomic E-state index is -4.42. The third-order valence-corrected chi connectivity index (χ3v) is 3.06. The maximum atomic E-state index is 12.9. The van der Waals surface area contributed by atoms with E-state index in [9.17, 15) is 13.2 Å². The summed E-state index contributed by atoms with van der Waals surface area (Å²) < 4.78 is 39.0. The first kappa shape index (κ1) is 12.5. The number of aliphatic imine (C=N–C) groups is 1. The smallest absolute Gasteiger partial charge is 0.251 e. The van der Waals surface area contributed by atoms with E-state index in [4.69, 9.17) is 5.26 Å². The Hall–Kier alpha value is -0.580. The lowest BCUT2D eigenvalue weighted by Crippen LogP contribution is -2.40. The highest BCUT2D eigenvalue weighted by atomic mass is 127. The quantitative estimate of drug-likeness (QED) is 0.626. The van der Waals surface area contributed by atoms with Crippen molar-refractivity contribution in [2.24, 2.45) is 10.4 Å². The minimum absolute atomic E-state index is 0.160. The molecule has 0 amide bonds. The largest absolute Gasteiger partial charge is 0.399 e. The fraction of sp³-hybridized carbons (Fsp3) is 0.556. The van der Waals surface area contributed by atoms with Crippen LogP contribution in [0.1, 0.15) is 20.3 Å². The summed E-state index contributed by atoms with van der Waals surface area (Å²) in [7, 11) is 0. The van der Waals surface area contributed by atoms with Crippen LogP contribution >= 0.6 is 22.6 Å². The predicted octanol–water partition coefficient (Wildman–Crippen LogP) is 3.59. The molecule has 0 fully saturated rings. The molecule has 82 valence electrons. The van der Waals surface area contributed by atoms with Gasteiger partial charge in [-0.1, -0.05) is 0 Å². The molecule has 1 aliphatic heterocycles. The molecule has 1 rings (SSSR count). The number of nitriles is 1. The zero-order valence-corrected chi connectivity index (χ0v) is 10.3. The van der Waals surface area contributed by atoms with Gasteiger partial charge in [-0.15, -0.1) is 0 Å². The van der Waals surface area contributed by atoms with Crippen molar-refractivity contribution >= 4 is 26.3 Å². The average Bonchev–Trinajstić information content (AvgIpc) is 2.00. The van der Waals surface area contributed by atoms with Crippen molar-refractivity contribution in [2.45, 2.75) is 26.4 Å². The molecule has 0 radical (unpaired) electrons. The molecule has 0 saturated heterocycles. The van der Waals surface area contributed by atoms with Crippen LogP contribution in [0.5, 0.6) is 0 Å². The van der Waals surface area contributed by atoms with Crippen LogP contribution in [0.25, 0.3) is 0 Å². The Morgan fingerprint density at radius 3 is 2.47 bits per heavy atom. The fourth-order valence-electron chi connectivity index (χ4n) is 1.50. The van der Waals surface area contributed by atoms with Gasteiger partial charge in [0, 0.05) is 6.42 Å². The summed E-state index contributed by atoms with van der Waals surface area (Å²) in [5.41, 5.74) is -2.22. The molecule has 1 aliphatic rings. The van der Waals surface area contributed by atoms with E-state index in [1.807, 2.05) is 0 Å². The third kappa shape index (κ3) is 2.02. The molecule has 0 saturated carbocycles. The summed E-state index contributed by atoms with van der Waals surface area (Å²) in [6, 6.07) is 1.62. The molecule has 15 heavy (non-hydrogen) atoms. The van der Waals surface area contributed by atoms with Gasteiger partial charge in [-0.05, 0) is 36.4 Å². The first-order valence-electron chi connectivity index (χ1n) is 4.13. The Balaban J connectivity index is 3.37. The normalized spacial score (nSPS) is 27.4. The lowest BCUT2D eigenvalue weighted by molar-refractivity contribution is -0.200. The monoisotopic (exact) mass is 328 g/mol. The van der Waals surface area contributed by atoms with E-state index in [1.165, 1.54) is 6.92 Å². The molecule has 0 aromatic heterocycles. The number of rotatable bonds is 0. The van der Waals surface area contributed by atoms with Crippen LogP contribution in [0.3, 0.4) is 0 Å². The summed E-state index contributed by atoms with van der Waals surface area (Å²) >= 11 is 1.77. The first-order valence-corrected chi connectivity index (χ1v) is 5.21. The number of alkyl halides is 3. The van der Waals surface area contributed by atoms with Crippen LogP contribution in [0.2, 0.25) is 0 Å². The minimum Gasteiger partial charge on any atom is -0.251 e. The van der Waals surface area contributed by atoms with Crippen molar-refractivity contribution in [3.63, 3.8) is 0 Å². The zero-order chi connectivity index (χ0) is 11.9. The van der Waals surface area contributed by atoms with E-state index in [1.54, 1.807) is 28.7 Å². The molecule has 1 atom stereocenters. The second-order valence-electron chi connectivity index (χ2n) is 3.57. The maximum Gasteiger partial charge on any atom is 0.399 e. The van der Waals surface area contributed by atoms with Crippen molar-refractivity contribution in [3.05, 3.63) is 11.3 Å². The molecule has 0 spiro atoms.